The molecule has 0 N–H and O–H groups in total. The topological polar surface area (TPSA) is 34.1 Å². The first-order valence-electron chi connectivity index (χ1n) is 4.17. The summed E-state index contributed by atoms with van der Waals surface area (Å²) in [5.41, 5.74) is 0.747. The molecule has 1 unspecified atom stereocenters. The van der Waals surface area contributed by atoms with Crippen molar-refractivity contribution in [3.8, 4) is 0 Å². The molecule has 0 bridgehead atoms. The van der Waals surface area contributed by atoms with Crippen molar-refractivity contribution in [2.24, 2.45) is 0 Å². The zero-order valence-electron chi connectivity index (χ0n) is 8.12. The second kappa shape index (κ2) is 4.25. The highest BCUT2D eigenvalue weighted by atomic mass is 35.5. The molecule has 2 nitrogen and oxygen atoms in total. The summed E-state index contributed by atoms with van der Waals surface area (Å²) in [4.78, 5) is -0.435. The van der Waals surface area contributed by atoms with Gasteiger partial charge in [0.2, 0.25) is 14.5 Å². The van der Waals surface area contributed by atoms with Crippen LogP contribution in [0.2, 0.25) is 0 Å². The van der Waals surface area contributed by atoms with Crippen molar-refractivity contribution in [2.75, 3.05) is 0 Å². The van der Waals surface area contributed by atoms with Crippen LogP contribution in [-0.2, 0) is 9.84 Å². The van der Waals surface area contributed by atoms with Gasteiger partial charge < -0.3 is 0 Å². The fourth-order valence-corrected chi connectivity index (χ4v) is 2.44. The third-order valence-corrected chi connectivity index (χ3v) is 4.57. The van der Waals surface area contributed by atoms with Crippen LogP contribution in [0.1, 0.15) is 5.56 Å². The average Bonchev–Trinajstić information content (AvgIpc) is 2.16. The lowest BCUT2D eigenvalue weighted by Crippen LogP contribution is -2.31. The Morgan fingerprint density at radius 1 is 1.19 bits per heavy atom. The van der Waals surface area contributed by atoms with Gasteiger partial charge >= 0.3 is 6.18 Å². The number of halogens is 4. The molecule has 0 amide bonds. The summed E-state index contributed by atoms with van der Waals surface area (Å²) in [7, 11) is -4.57. The maximum absolute atomic E-state index is 12.2. The van der Waals surface area contributed by atoms with E-state index in [9.17, 15) is 21.6 Å². The summed E-state index contributed by atoms with van der Waals surface area (Å²) in [6.45, 7) is 1.69. The zero-order valence-corrected chi connectivity index (χ0v) is 9.70. The minimum Gasteiger partial charge on any atom is -0.222 e. The summed E-state index contributed by atoms with van der Waals surface area (Å²) < 4.78 is 56.6. The molecule has 0 saturated carbocycles. The first kappa shape index (κ1) is 13.3. The van der Waals surface area contributed by atoms with E-state index in [-0.39, 0.29) is 0 Å². The van der Waals surface area contributed by atoms with Gasteiger partial charge in [-0.15, -0.1) is 0 Å². The highest BCUT2D eigenvalue weighted by Gasteiger charge is 2.48. The van der Waals surface area contributed by atoms with Gasteiger partial charge in [-0.05, 0) is 19.1 Å². The number of hydrogen-bond donors (Lipinski definition) is 0. The molecule has 0 aliphatic rings. The summed E-state index contributed by atoms with van der Waals surface area (Å²) >= 11 is 4.91. The molecular weight excluding hydrogens is 265 g/mol. The van der Waals surface area contributed by atoms with Crippen molar-refractivity contribution in [2.45, 2.75) is 22.7 Å². The van der Waals surface area contributed by atoms with Crippen LogP contribution in [-0.4, -0.2) is 19.3 Å². The van der Waals surface area contributed by atoms with Gasteiger partial charge in [0.15, 0.2) is 0 Å². The molecule has 1 rings (SSSR count). The Labute approximate surface area is 96.0 Å². The van der Waals surface area contributed by atoms with E-state index in [1.807, 2.05) is 0 Å². The van der Waals surface area contributed by atoms with E-state index < -0.39 is 25.6 Å². The summed E-state index contributed by atoms with van der Waals surface area (Å²) in [6, 6.07) is 5.03. The molecule has 0 fully saturated rings. The molecular formula is C9H8ClF3O2S. The van der Waals surface area contributed by atoms with Crippen molar-refractivity contribution in [3.05, 3.63) is 29.8 Å². The smallest absolute Gasteiger partial charge is 0.222 e. The Bertz CT molecular complexity index is 465. The van der Waals surface area contributed by atoms with Gasteiger partial charge in [0.05, 0.1) is 4.90 Å². The van der Waals surface area contributed by atoms with Crippen molar-refractivity contribution in [1.82, 2.24) is 0 Å². The van der Waals surface area contributed by atoms with Crippen molar-refractivity contribution in [1.29, 1.82) is 0 Å². The van der Waals surface area contributed by atoms with Crippen molar-refractivity contribution >= 4 is 21.4 Å². The van der Waals surface area contributed by atoms with Crippen LogP contribution in [0.15, 0.2) is 29.2 Å². The number of alkyl halides is 4. The summed E-state index contributed by atoms with van der Waals surface area (Å²) in [5, 5.41) is 0. The minimum atomic E-state index is -4.98. The Morgan fingerprint density at radius 3 is 2.00 bits per heavy atom. The number of aryl methyl sites for hydroxylation is 1. The Morgan fingerprint density at radius 2 is 1.62 bits per heavy atom. The van der Waals surface area contributed by atoms with Crippen LogP contribution in [0.5, 0.6) is 0 Å². The third kappa shape index (κ3) is 2.68. The third-order valence-electron chi connectivity index (χ3n) is 1.88. The second-order valence-corrected chi connectivity index (χ2v) is 5.94. The van der Waals surface area contributed by atoms with Crippen molar-refractivity contribution < 1.29 is 21.6 Å². The van der Waals surface area contributed by atoms with Crippen molar-refractivity contribution in [3.63, 3.8) is 0 Å². The predicted molar refractivity (Wildman–Crippen MR) is 54.1 cm³/mol. The van der Waals surface area contributed by atoms with Crippen LogP contribution in [0.4, 0.5) is 13.2 Å². The van der Waals surface area contributed by atoms with Gasteiger partial charge in [0.1, 0.15) is 0 Å². The molecule has 0 radical (unpaired) electrons. The van der Waals surface area contributed by atoms with Gasteiger partial charge in [-0.25, -0.2) is 8.42 Å². The SMILES string of the molecule is Cc1ccc(S(=O)(=O)C(Cl)C(F)(F)F)cc1. The monoisotopic (exact) mass is 272 g/mol. The van der Waals surface area contributed by atoms with E-state index in [0.717, 1.165) is 17.7 Å². The Balaban J connectivity index is 3.17. The van der Waals surface area contributed by atoms with E-state index in [1.165, 1.54) is 12.1 Å². The molecule has 1 aromatic carbocycles. The van der Waals surface area contributed by atoms with E-state index >= 15 is 0 Å². The number of benzene rings is 1. The molecule has 0 spiro atoms. The number of hydrogen-bond acceptors (Lipinski definition) is 2. The number of rotatable bonds is 2. The van der Waals surface area contributed by atoms with Gasteiger partial charge in [0.25, 0.3) is 0 Å². The molecule has 0 aromatic heterocycles. The Hall–Kier alpha value is -0.750. The summed E-state index contributed by atoms with van der Waals surface area (Å²) in [6.07, 6.45) is -4.98. The Kier molecular flexibility index (Phi) is 3.54. The number of sulfone groups is 1. The largest absolute Gasteiger partial charge is 0.419 e. The highest BCUT2D eigenvalue weighted by molar-refractivity contribution is 7.93. The van der Waals surface area contributed by atoms with Gasteiger partial charge in [-0.2, -0.15) is 13.2 Å². The molecule has 16 heavy (non-hydrogen) atoms. The van der Waals surface area contributed by atoms with Crippen LogP contribution < -0.4 is 0 Å². The maximum atomic E-state index is 12.2. The lowest BCUT2D eigenvalue weighted by Gasteiger charge is -2.14. The molecule has 0 aliphatic heterocycles. The first-order chi connectivity index (χ1) is 7.15. The van der Waals surface area contributed by atoms with E-state index in [1.54, 1.807) is 6.92 Å². The lowest BCUT2D eigenvalue weighted by atomic mass is 10.2. The van der Waals surface area contributed by atoms with Crippen LogP contribution >= 0.6 is 11.6 Å². The molecule has 1 aromatic rings. The second-order valence-electron chi connectivity index (χ2n) is 3.22. The molecule has 1 atom stereocenters. The zero-order chi connectivity index (χ0) is 12.6. The quantitative estimate of drug-likeness (QED) is 0.776. The van der Waals surface area contributed by atoms with Crippen LogP contribution in [0.3, 0.4) is 0 Å². The van der Waals surface area contributed by atoms with E-state index in [2.05, 4.69) is 0 Å². The normalized spacial score (nSPS) is 14.8. The standard InChI is InChI=1S/C9H8ClF3O2S/c1-6-2-4-7(5-3-6)16(14,15)8(10)9(11,12)13/h2-5,8H,1H3. The van der Waals surface area contributed by atoms with E-state index in [4.69, 9.17) is 11.6 Å². The molecule has 0 heterocycles. The minimum absolute atomic E-state index is 0.435. The van der Waals surface area contributed by atoms with Gasteiger partial charge in [-0.1, -0.05) is 29.3 Å². The van der Waals surface area contributed by atoms with Gasteiger partial charge in [0, 0.05) is 0 Å². The molecule has 7 heteroatoms. The maximum Gasteiger partial charge on any atom is 0.419 e. The summed E-state index contributed by atoms with van der Waals surface area (Å²) in [5.74, 6) is 0. The fourth-order valence-electron chi connectivity index (χ4n) is 1.02. The predicted octanol–water partition coefficient (Wildman–Crippen LogP) is 2.90. The average molecular weight is 273 g/mol. The fraction of sp³-hybridized carbons (Fsp3) is 0.333. The van der Waals surface area contributed by atoms with Crippen LogP contribution in [0.25, 0.3) is 0 Å². The molecule has 0 aliphatic carbocycles. The van der Waals surface area contributed by atoms with Crippen LogP contribution in [0, 0.1) is 6.92 Å². The first-order valence-corrected chi connectivity index (χ1v) is 6.15. The molecule has 90 valence electrons. The lowest BCUT2D eigenvalue weighted by molar-refractivity contribution is -0.115. The molecule has 0 saturated heterocycles. The van der Waals surface area contributed by atoms with Gasteiger partial charge in [-0.3, -0.25) is 0 Å². The van der Waals surface area contributed by atoms with E-state index in [0.29, 0.717) is 0 Å². The highest BCUT2D eigenvalue weighted by Crippen LogP contribution is 2.32.